The number of aromatic nitrogens is 2. The molecule has 1 aliphatic heterocycles. The SMILES string of the molecule is CC(C)(C)NC[C@H](O)COc1nsnc1SC1C(CO[N+](=O)[O-])C(C)(C)N(O)C1(C)C. The largest absolute Gasteiger partial charge is 0.472 e. The van der Waals surface area contributed by atoms with E-state index >= 15 is 0 Å². The molecule has 11 nitrogen and oxygen atoms in total. The fourth-order valence-electron chi connectivity index (χ4n) is 3.65. The Morgan fingerprint density at radius 3 is 2.55 bits per heavy atom. The van der Waals surface area contributed by atoms with Crippen LogP contribution in [-0.2, 0) is 4.84 Å². The molecule has 1 saturated heterocycles. The first-order valence-electron chi connectivity index (χ1n) is 9.98. The van der Waals surface area contributed by atoms with Crippen molar-refractivity contribution < 1.29 is 25.0 Å². The van der Waals surface area contributed by atoms with Gasteiger partial charge < -0.3 is 25.2 Å². The van der Waals surface area contributed by atoms with Gasteiger partial charge in [0.1, 0.15) is 19.3 Å². The van der Waals surface area contributed by atoms with E-state index in [4.69, 9.17) is 4.74 Å². The lowest BCUT2D eigenvalue weighted by atomic mass is 9.87. The maximum absolute atomic E-state index is 10.8. The molecule has 3 N–H and O–H groups in total. The normalized spacial score (nSPS) is 24.2. The lowest BCUT2D eigenvalue weighted by Crippen LogP contribution is -2.48. The molecule has 2 rings (SSSR count). The molecule has 1 aliphatic rings. The predicted molar refractivity (Wildman–Crippen MR) is 117 cm³/mol. The van der Waals surface area contributed by atoms with Gasteiger partial charge in [-0.25, -0.2) is 0 Å². The standard InChI is InChI=1S/C18H33N5O6S2/c1-16(2,3)19-8-11(24)9-28-14-15(21-31-20-14)30-13-12(10-29-23(26)27)17(4,5)22(25)18(13,6)7/h11-13,19,24-25H,8-10H2,1-7H3/t11-,12?,13?/m0/s1. The Hall–Kier alpha value is -1.25. The molecule has 13 heteroatoms. The van der Waals surface area contributed by atoms with Gasteiger partial charge in [0, 0.05) is 28.8 Å². The minimum absolute atomic E-state index is 0.0432. The van der Waals surface area contributed by atoms with Crippen LogP contribution in [0, 0.1) is 16.0 Å². The Kier molecular flexibility index (Phi) is 8.15. The molecule has 178 valence electrons. The number of β-amino-alcohol motifs (C(OH)–C–C–N with tert-alkyl or cyclic N) is 1. The van der Waals surface area contributed by atoms with E-state index in [0.29, 0.717) is 17.5 Å². The maximum atomic E-state index is 10.8. The Bertz CT molecular complexity index is 754. The van der Waals surface area contributed by atoms with Crippen LogP contribution in [0.2, 0.25) is 0 Å². The predicted octanol–water partition coefficient (Wildman–Crippen LogP) is 2.21. The van der Waals surface area contributed by atoms with Crippen LogP contribution in [0.3, 0.4) is 0 Å². The maximum Gasteiger partial charge on any atom is 0.294 e. The number of hydrogen-bond donors (Lipinski definition) is 3. The third-order valence-electron chi connectivity index (χ3n) is 5.37. The average Bonchev–Trinajstić information content (AvgIpc) is 3.13. The number of nitrogens with zero attached hydrogens (tertiary/aromatic N) is 4. The van der Waals surface area contributed by atoms with Gasteiger partial charge in [-0.05, 0) is 48.5 Å². The summed E-state index contributed by atoms with van der Waals surface area (Å²) in [5, 5.41) is 35.6. The lowest BCUT2D eigenvalue weighted by molar-refractivity contribution is -0.759. The lowest BCUT2D eigenvalue weighted by Gasteiger charge is -2.35. The molecule has 3 atom stereocenters. The number of thioether (sulfide) groups is 1. The van der Waals surface area contributed by atoms with Gasteiger partial charge in [0.2, 0.25) is 0 Å². The van der Waals surface area contributed by atoms with Crippen LogP contribution in [0.5, 0.6) is 5.88 Å². The van der Waals surface area contributed by atoms with Crippen LogP contribution in [-0.4, -0.2) is 76.9 Å². The Labute approximate surface area is 190 Å². The molecule has 0 bridgehead atoms. The number of rotatable bonds is 10. The molecule has 2 heterocycles. The fourth-order valence-corrected chi connectivity index (χ4v) is 5.80. The average molecular weight is 480 g/mol. The molecule has 0 aromatic carbocycles. The highest BCUT2D eigenvalue weighted by Gasteiger charge is 2.59. The summed E-state index contributed by atoms with van der Waals surface area (Å²) in [6, 6.07) is 0. The highest BCUT2D eigenvalue weighted by molar-refractivity contribution is 8.00. The first kappa shape index (κ1) is 26.0. The van der Waals surface area contributed by atoms with E-state index in [1.165, 1.54) is 16.8 Å². The van der Waals surface area contributed by atoms with Gasteiger partial charge in [-0.1, -0.05) is 11.8 Å². The van der Waals surface area contributed by atoms with Crippen LogP contribution < -0.4 is 10.1 Å². The molecule has 31 heavy (non-hydrogen) atoms. The highest BCUT2D eigenvalue weighted by Crippen LogP contribution is 2.52. The van der Waals surface area contributed by atoms with Crippen LogP contribution in [0.25, 0.3) is 0 Å². The molecule has 1 aromatic heterocycles. The molecule has 0 amide bonds. The van der Waals surface area contributed by atoms with Crippen molar-refractivity contribution in [3.63, 3.8) is 0 Å². The molecular formula is C18H33N5O6S2. The molecular weight excluding hydrogens is 446 g/mol. The number of aliphatic hydroxyl groups is 1. The van der Waals surface area contributed by atoms with Crippen LogP contribution in [0.4, 0.5) is 0 Å². The summed E-state index contributed by atoms with van der Waals surface area (Å²) >= 11 is 2.32. The quantitative estimate of drug-likeness (QED) is 0.336. The van der Waals surface area contributed by atoms with Crippen molar-refractivity contribution in [3.05, 3.63) is 10.1 Å². The van der Waals surface area contributed by atoms with E-state index in [0.717, 1.165) is 11.7 Å². The first-order chi connectivity index (χ1) is 14.2. The number of hydrogen-bond acceptors (Lipinski definition) is 12. The molecule has 0 spiro atoms. The number of hydroxylamine groups is 2. The molecule has 0 aliphatic carbocycles. The van der Waals surface area contributed by atoms with Crippen molar-refractivity contribution in [1.29, 1.82) is 0 Å². The van der Waals surface area contributed by atoms with Gasteiger partial charge in [0.15, 0.2) is 5.03 Å². The Morgan fingerprint density at radius 1 is 1.32 bits per heavy atom. The van der Waals surface area contributed by atoms with E-state index in [2.05, 4.69) is 18.9 Å². The van der Waals surface area contributed by atoms with Crippen molar-refractivity contribution in [2.45, 2.75) is 81.5 Å². The fraction of sp³-hybridized carbons (Fsp3) is 0.889. The first-order valence-corrected chi connectivity index (χ1v) is 11.6. The number of nitrogens with one attached hydrogen (secondary N) is 1. The van der Waals surface area contributed by atoms with Crippen molar-refractivity contribution >= 4 is 23.5 Å². The van der Waals surface area contributed by atoms with Crippen molar-refractivity contribution in [3.8, 4) is 5.88 Å². The second kappa shape index (κ2) is 9.71. The van der Waals surface area contributed by atoms with E-state index in [1.54, 1.807) is 0 Å². The van der Waals surface area contributed by atoms with Crippen molar-refractivity contribution in [2.24, 2.45) is 5.92 Å². The van der Waals surface area contributed by atoms with Gasteiger partial charge in [0.25, 0.3) is 11.0 Å². The van der Waals surface area contributed by atoms with Crippen LogP contribution in [0.15, 0.2) is 5.03 Å². The summed E-state index contributed by atoms with van der Waals surface area (Å²) in [7, 11) is 0. The molecule has 1 aromatic rings. The summed E-state index contributed by atoms with van der Waals surface area (Å²) in [5.74, 6) is -0.0808. The van der Waals surface area contributed by atoms with Crippen molar-refractivity contribution in [2.75, 3.05) is 19.8 Å². The molecule has 0 saturated carbocycles. The van der Waals surface area contributed by atoms with Crippen molar-refractivity contribution in [1.82, 2.24) is 19.1 Å². The zero-order chi connectivity index (χ0) is 23.6. The highest BCUT2D eigenvalue weighted by atomic mass is 32.2. The summed E-state index contributed by atoms with van der Waals surface area (Å²) in [6.07, 6.45) is -0.727. The summed E-state index contributed by atoms with van der Waals surface area (Å²) in [5.41, 5.74) is -1.62. The summed E-state index contributed by atoms with van der Waals surface area (Å²) in [4.78, 5) is 15.5. The Balaban J connectivity index is 2.12. The minimum atomic E-state index is -0.823. The molecule has 2 unspecified atom stereocenters. The van der Waals surface area contributed by atoms with Crippen LogP contribution in [0.1, 0.15) is 48.5 Å². The van der Waals surface area contributed by atoms with E-state index in [1.807, 2.05) is 48.5 Å². The van der Waals surface area contributed by atoms with Gasteiger partial charge in [0.05, 0.1) is 17.3 Å². The molecule has 1 fully saturated rings. The Morgan fingerprint density at radius 2 is 1.97 bits per heavy atom. The topological polar surface area (TPSA) is 143 Å². The second-order valence-electron chi connectivity index (χ2n) is 9.75. The third kappa shape index (κ3) is 6.39. The van der Waals surface area contributed by atoms with E-state index < -0.39 is 22.3 Å². The minimum Gasteiger partial charge on any atom is -0.472 e. The summed E-state index contributed by atoms with van der Waals surface area (Å²) < 4.78 is 14.2. The van der Waals surface area contributed by atoms with Gasteiger partial charge in [-0.3, -0.25) is 0 Å². The molecule has 0 radical (unpaired) electrons. The van der Waals surface area contributed by atoms with Gasteiger partial charge in [-0.2, -0.15) is 9.44 Å². The van der Waals surface area contributed by atoms with E-state index in [9.17, 15) is 20.4 Å². The zero-order valence-electron chi connectivity index (χ0n) is 19.0. The number of ether oxygens (including phenoxy) is 1. The zero-order valence-corrected chi connectivity index (χ0v) is 20.6. The number of aliphatic hydroxyl groups excluding tert-OH is 1. The van der Waals surface area contributed by atoms with Gasteiger partial charge in [-0.15, -0.1) is 14.5 Å². The smallest absolute Gasteiger partial charge is 0.294 e. The summed E-state index contributed by atoms with van der Waals surface area (Å²) in [6.45, 7) is 13.6. The van der Waals surface area contributed by atoms with Gasteiger partial charge >= 0.3 is 0 Å². The second-order valence-corrected chi connectivity index (χ2v) is 11.4. The monoisotopic (exact) mass is 479 g/mol. The van der Waals surface area contributed by atoms with Crippen LogP contribution >= 0.6 is 23.5 Å². The third-order valence-corrected chi connectivity index (χ3v) is 7.65. The van der Waals surface area contributed by atoms with E-state index in [-0.39, 0.29) is 29.9 Å².